The van der Waals surface area contributed by atoms with Gasteiger partial charge < -0.3 is 16.0 Å². The van der Waals surface area contributed by atoms with E-state index in [1.807, 2.05) is 19.2 Å². The van der Waals surface area contributed by atoms with Crippen LogP contribution in [0.5, 0.6) is 0 Å². The Bertz CT molecular complexity index is 356. The van der Waals surface area contributed by atoms with Crippen LogP contribution in [0.2, 0.25) is 0 Å². The number of nitrogens with one attached hydrogen (secondary N) is 1. The zero-order chi connectivity index (χ0) is 12.3. The van der Waals surface area contributed by atoms with Crippen molar-refractivity contribution in [2.75, 3.05) is 32.9 Å². The van der Waals surface area contributed by atoms with E-state index in [4.69, 9.17) is 5.73 Å². The molecule has 94 valence electrons. The van der Waals surface area contributed by atoms with Crippen LogP contribution in [-0.4, -0.2) is 32.1 Å². The maximum atomic E-state index is 5.87. The van der Waals surface area contributed by atoms with Gasteiger partial charge in [-0.15, -0.1) is 0 Å². The number of piperidine rings is 1. The van der Waals surface area contributed by atoms with E-state index in [1.165, 1.54) is 31.5 Å². The van der Waals surface area contributed by atoms with Crippen molar-refractivity contribution in [1.82, 2.24) is 10.2 Å². The smallest absolute Gasteiger partial charge is 0.0347 e. The summed E-state index contributed by atoms with van der Waals surface area (Å²) in [5, 5.41) is 3.46. The summed E-state index contributed by atoms with van der Waals surface area (Å²) in [4.78, 5) is 2.41. The maximum Gasteiger partial charge on any atom is 0.0347 e. The van der Waals surface area contributed by atoms with Crippen molar-refractivity contribution in [3.05, 3.63) is 29.8 Å². The minimum absolute atomic E-state index is 0.437. The van der Waals surface area contributed by atoms with Crippen LogP contribution in [0.3, 0.4) is 0 Å². The third kappa shape index (κ3) is 2.99. The summed E-state index contributed by atoms with van der Waals surface area (Å²) in [6.45, 7) is 2.40. The predicted molar refractivity (Wildman–Crippen MR) is 72.9 cm³/mol. The average molecular weight is 233 g/mol. The number of rotatable bonds is 3. The molecule has 1 unspecified atom stereocenters. The number of anilines is 1. The van der Waals surface area contributed by atoms with Crippen LogP contribution in [0.4, 0.5) is 5.69 Å². The number of nitrogens with two attached hydrogens (primary N) is 1. The van der Waals surface area contributed by atoms with E-state index in [-0.39, 0.29) is 0 Å². The molecule has 0 spiro atoms. The van der Waals surface area contributed by atoms with Gasteiger partial charge in [0.2, 0.25) is 0 Å². The highest BCUT2D eigenvalue weighted by Crippen LogP contribution is 2.30. The summed E-state index contributed by atoms with van der Waals surface area (Å²) < 4.78 is 0. The lowest BCUT2D eigenvalue weighted by atomic mass is 9.85. The van der Waals surface area contributed by atoms with Gasteiger partial charge in [0.1, 0.15) is 0 Å². The molecule has 0 amide bonds. The lowest BCUT2D eigenvalue weighted by molar-refractivity contribution is 0.188. The van der Waals surface area contributed by atoms with E-state index in [0.29, 0.717) is 6.04 Å². The summed E-state index contributed by atoms with van der Waals surface area (Å²) >= 11 is 0. The maximum absolute atomic E-state index is 5.87. The van der Waals surface area contributed by atoms with Crippen molar-refractivity contribution in [3.63, 3.8) is 0 Å². The summed E-state index contributed by atoms with van der Waals surface area (Å²) in [7, 11) is 4.25. The summed E-state index contributed by atoms with van der Waals surface area (Å²) in [6.07, 6.45) is 2.52. The quantitative estimate of drug-likeness (QED) is 0.783. The molecule has 3 N–H and O–H groups in total. The van der Waals surface area contributed by atoms with Crippen LogP contribution in [-0.2, 0) is 0 Å². The van der Waals surface area contributed by atoms with E-state index >= 15 is 0 Å². The van der Waals surface area contributed by atoms with E-state index in [1.54, 1.807) is 0 Å². The average Bonchev–Trinajstić information content (AvgIpc) is 2.33. The van der Waals surface area contributed by atoms with Crippen molar-refractivity contribution in [3.8, 4) is 0 Å². The van der Waals surface area contributed by atoms with Crippen LogP contribution in [0, 0.1) is 5.92 Å². The lowest BCUT2D eigenvalue weighted by Crippen LogP contribution is -2.36. The molecule has 1 atom stereocenters. The molecule has 1 aliphatic rings. The molecular weight excluding hydrogens is 210 g/mol. The molecule has 0 aromatic heterocycles. The largest absolute Gasteiger partial charge is 0.399 e. The Morgan fingerprint density at radius 1 is 1.35 bits per heavy atom. The first kappa shape index (κ1) is 12.4. The standard InChI is InChI=1S/C14H23N3/c1-16-14(11-6-8-17(2)9-7-11)12-4-3-5-13(15)10-12/h3-5,10-11,14,16H,6-9,15H2,1-2H3. The van der Waals surface area contributed by atoms with Crippen LogP contribution in [0.25, 0.3) is 0 Å². The third-order valence-corrected chi connectivity index (χ3v) is 3.82. The Balaban J connectivity index is 2.10. The molecule has 1 fully saturated rings. The number of nitrogens with zero attached hydrogens (tertiary/aromatic N) is 1. The normalized spacial score (nSPS) is 20.4. The molecule has 3 heteroatoms. The first-order valence-electron chi connectivity index (χ1n) is 6.42. The fraction of sp³-hybridized carbons (Fsp3) is 0.571. The van der Waals surface area contributed by atoms with Crippen molar-refractivity contribution < 1.29 is 0 Å². The first-order chi connectivity index (χ1) is 8.20. The minimum atomic E-state index is 0.437. The van der Waals surface area contributed by atoms with Crippen molar-refractivity contribution >= 4 is 5.69 Å². The number of nitrogen functional groups attached to an aromatic ring is 1. The molecule has 1 aromatic rings. The first-order valence-corrected chi connectivity index (χ1v) is 6.42. The summed E-state index contributed by atoms with van der Waals surface area (Å²) in [6, 6.07) is 8.71. The molecule has 2 rings (SSSR count). The molecule has 3 nitrogen and oxygen atoms in total. The van der Waals surface area contributed by atoms with Gasteiger partial charge in [-0.25, -0.2) is 0 Å². The highest BCUT2D eigenvalue weighted by molar-refractivity contribution is 5.41. The fourth-order valence-electron chi connectivity index (χ4n) is 2.79. The van der Waals surface area contributed by atoms with E-state index in [2.05, 4.69) is 29.4 Å². The molecule has 17 heavy (non-hydrogen) atoms. The lowest BCUT2D eigenvalue weighted by Gasteiger charge is -2.34. The number of benzene rings is 1. The minimum Gasteiger partial charge on any atom is -0.399 e. The Kier molecular flexibility index (Phi) is 4.02. The molecule has 1 aromatic carbocycles. The second kappa shape index (κ2) is 5.52. The summed E-state index contributed by atoms with van der Waals surface area (Å²) in [5.74, 6) is 0.720. The predicted octanol–water partition coefficient (Wildman–Crippen LogP) is 1.87. The van der Waals surface area contributed by atoms with E-state index in [9.17, 15) is 0 Å². The third-order valence-electron chi connectivity index (χ3n) is 3.82. The highest BCUT2D eigenvalue weighted by Gasteiger charge is 2.25. The van der Waals surface area contributed by atoms with Crippen LogP contribution in [0.15, 0.2) is 24.3 Å². The molecular formula is C14H23N3. The Labute approximate surface area is 104 Å². The second-order valence-electron chi connectivity index (χ2n) is 5.08. The Morgan fingerprint density at radius 2 is 2.06 bits per heavy atom. The van der Waals surface area contributed by atoms with E-state index < -0.39 is 0 Å². The van der Waals surface area contributed by atoms with Gasteiger partial charge in [-0.2, -0.15) is 0 Å². The Morgan fingerprint density at radius 3 is 2.65 bits per heavy atom. The zero-order valence-electron chi connectivity index (χ0n) is 10.8. The number of hydrogen-bond donors (Lipinski definition) is 2. The zero-order valence-corrected chi connectivity index (χ0v) is 10.8. The fourth-order valence-corrected chi connectivity index (χ4v) is 2.79. The van der Waals surface area contributed by atoms with Crippen molar-refractivity contribution in [2.24, 2.45) is 5.92 Å². The van der Waals surface area contributed by atoms with Crippen molar-refractivity contribution in [2.45, 2.75) is 18.9 Å². The van der Waals surface area contributed by atoms with Gasteiger partial charge in [-0.3, -0.25) is 0 Å². The van der Waals surface area contributed by atoms with Gasteiger partial charge in [0, 0.05) is 11.7 Å². The van der Waals surface area contributed by atoms with Gasteiger partial charge in [-0.1, -0.05) is 12.1 Å². The SMILES string of the molecule is CNC(c1cccc(N)c1)C1CCN(C)CC1. The van der Waals surface area contributed by atoms with Gasteiger partial charge in [0.15, 0.2) is 0 Å². The molecule has 0 aliphatic carbocycles. The molecule has 1 heterocycles. The van der Waals surface area contributed by atoms with Crippen molar-refractivity contribution in [1.29, 1.82) is 0 Å². The van der Waals surface area contributed by atoms with Gasteiger partial charge in [0.25, 0.3) is 0 Å². The van der Waals surface area contributed by atoms with Crippen LogP contribution >= 0.6 is 0 Å². The van der Waals surface area contributed by atoms with Gasteiger partial charge >= 0.3 is 0 Å². The number of likely N-dealkylation sites (tertiary alicyclic amines) is 1. The van der Waals surface area contributed by atoms with E-state index in [0.717, 1.165) is 11.6 Å². The molecule has 0 bridgehead atoms. The van der Waals surface area contributed by atoms with Gasteiger partial charge in [0.05, 0.1) is 0 Å². The highest BCUT2D eigenvalue weighted by atomic mass is 15.1. The molecule has 1 saturated heterocycles. The molecule has 1 aliphatic heterocycles. The number of hydrogen-bond acceptors (Lipinski definition) is 3. The molecule has 0 saturated carbocycles. The Hall–Kier alpha value is -1.06. The van der Waals surface area contributed by atoms with Crippen LogP contribution in [0.1, 0.15) is 24.4 Å². The van der Waals surface area contributed by atoms with Gasteiger partial charge in [-0.05, 0) is 63.6 Å². The molecule has 0 radical (unpaired) electrons. The monoisotopic (exact) mass is 233 g/mol. The van der Waals surface area contributed by atoms with Crippen LogP contribution < -0.4 is 11.1 Å². The summed E-state index contributed by atoms with van der Waals surface area (Å²) in [5.41, 5.74) is 8.05. The topological polar surface area (TPSA) is 41.3 Å². The second-order valence-corrected chi connectivity index (χ2v) is 5.08.